The Hall–Kier alpha value is -2.72. The van der Waals surface area contributed by atoms with Crippen LogP contribution in [0.4, 0.5) is 13.2 Å². The summed E-state index contributed by atoms with van der Waals surface area (Å²) in [4.78, 5) is -0.264. The Bertz CT molecular complexity index is 1110. The van der Waals surface area contributed by atoms with Crippen molar-refractivity contribution in [1.29, 1.82) is 0 Å². The molecule has 10 heteroatoms. The zero-order valence-corrected chi connectivity index (χ0v) is 18.7. The number of hydrogen-bond donors (Lipinski definition) is 1. The molecular weight excluding hydrogens is 443 g/mol. The molecule has 1 N–H and O–H groups in total. The molecular formula is C22H24F3N3O3S. The third-order valence-electron chi connectivity index (χ3n) is 5.01. The van der Waals surface area contributed by atoms with Gasteiger partial charge in [-0.25, -0.2) is 13.1 Å². The van der Waals surface area contributed by atoms with Crippen LogP contribution in [0.1, 0.15) is 37.8 Å². The Kier molecular flexibility index (Phi) is 7.04. The van der Waals surface area contributed by atoms with Gasteiger partial charge in [0.1, 0.15) is 5.75 Å². The second-order valence-electron chi connectivity index (χ2n) is 7.58. The maximum atomic E-state index is 12.8. The predicted molar refractivity (Wildman–Crippen MR) is 116 cm³/mol. The van der Waals surface area contributed by atoms with Crippen molar-refractivity contribution >= 4 is 21.6 Å². The number of alkyl halides is 3. The highest BCUT2D eigenvalue weighted by molar-refractivity contribution is 7.89. The zero-order chi connectivity index (χ0) is 23.5. The van der Waals surface area contributed by atoms with Crippen molar-refractivity contribution in [3.63, 3.8) is 0 Å². The Labute approximate surface area is 185 Å². The number of rotatable bonds is 7. The number of sulfonamides is 1. The van der Waals surface area contributed by atoms with Crippen LogP contribution in [-0.4, -0.2) is 26.1 Å². The SMILES string of the molecule is CCC[C@H]1C(Oc2ccc(C)cc2)=NN=C1[C@@H](C)NS(=O)(=O)c1ccc(C(F)(F)F)cc1. The van der Waals surface area contributed by atoms with Gasteiger partial charge in [0.2, 0.25) is 15.9 Å². The molecule has 1 aliphatic rings. The summed E-state index contributed by atoms with van der Waals surface area (Å²) in [6.45, 7) is 5.56. The fraction of sp³-hybridized carbons (Fsp3) is 0.364. The van der Waals surface area contributed by atoms with Gasteiger partial charge in [-0.2, -0.15) is 18.3 Å². The first-order chi connectivity index (χ1) is 15.0. The van der Waals surface area contributed by atoms with Crippen LogP contribution in [0.25, 0.3) is 0 Å². The summed E-state index contributed by atoms with van der Waals surface area (Å²) in [7, 11) is -4.07. The van der Waals surface area contributed by atoms with E-state index < -0.39 is 27.8 Å². The fourth-order valence-corrected chi connectivity index (χ4v) is 4.54. The summed E-state index contributed by atoms with van der Waals surface area (Å²) in [5.74, 6) is 0.669. The number of ether oxygens (including phenoxy) is 1. The predicted octanol–water partition coefficient (Wildman–Crippen LogP) is 4.94. The van der Waals surface area contributed by atoms with E-state index in [1.807, 2.05) is 38.1 Å². The van der Waals surface area contributed by atoms with Gasteiger partial charge in [-0.3, -0.25) is 0 Å². The van der Waals surface area contributed by atoms with Gasteiger partial charge in [0, 0.05) is 0 Å². The summed E-state index contributed by atoms with van der Waals surface area (Å²) in [5, 5.41) is 8.28. The molecule has 32 heavy (non-hydrogen) atoms. The lowest BCUT2D eigenvalue weighted by molar-refractivity contribution is -0.137. The van der Waals surface area contributed by atoms with Crippen LogP contribution in [-0.2, 0) is 16.2 Å². The van der Waals surface area contributed by atoms with Crippen molar-refractivity contribution < 1.29 is 26.3 Å². The maximum Gasteiger partial charge on any atom is 0.416 e. The Balaban J connectivity index is 1.73. The quantitative estimate of drug-likeness (QED) is 0.626. The number of benzene rings is 2. The van der Waals surface area contributed by atoms with Gasteiger partial charge < -0.3 is 4.74 Å². The molecule has 0 saturated carbocycles. The van der Waals surface area contributed by atoms with Gasteiger partial charge in [-0.05, 0) is 56.7 Å². The Morgan fingerprint density at radius 2 is 1.69 bits per heavy atom. The zero-order valence-electron chi connectivity index (χ0n) is 17.8. The third-order valence-corrected chi connectivity index (χ3v) is 6.56. The lowest BCUT2D eigenvalue weighted by atomic mass is 9.94. The van der Waals surface area contributed by atoms with E-state index in [0.717, 1.165) is 36.2 Å². The van der Waals surface area contributed by atoms with Crippen molar-refractivity contribution in [2.75, 3.05) is 0 Å². The number of hydrogen-bond acceptors (Lipinski definition) is 5. The van der Waals surface area contributed by atoms with Gasteiger partial charge in [0.15, 0.2) is 0 Å². The minimum absolute atomic E-state index is 0.264. The summed E-state index contributed by atoms with van der Waals surface area (Å²) >= 11 is 0. The molecule has 0 amide bonds. The topological polar surface area (TPSA) is 80.1 Å². The molecule has 0 unspecified atom stereocenters. The molecule has 0 aromatic heterocycles. The van der Waals surface area contributed by atoms with E-state index in [2.05, 4.69) is 14.9 Å². The second kappa shape index (κ2) is 9.41. The van der Waals surface area contributed by atoms with Crippen LogP contribution in [0, 0.1) is 12.8 Å². The van der Waals surface area contributed by atoms with Crippen LogP contribution in [0.3, 0.4) is 0 Å². The fourth-order valence-electron chi connectivity index (χ4n) is 3.32. The van der Waals surface area contributed by atoms with E-state index in [1.165, 1.54) is 0 Å². The van der Waals surface area contributed by atoms with E-state index in [4.69, 9.17) is 4.74 Å². The molecule has 0 aliphatic carbocycles. The number of nitrogens with zero attached hydrogens (tertiary/aromatic N) is 2. The summed E-state index contributed by atoms with van der Waals surface area (Å²) < 4.78 is 72.1. The van der Waals surface area contributed by atoms with Crippen molar-refractivity contribution in [3.8, 4) is 5.75 Å². The van der Waals surface area contributed by atoms with E-state index in [-0.39, 0.29) is 10.8 Å². The third kappa shape index (κ3) is 5.55. The molecule has 2 aromatic carbocycles. The first kappa shape index (κ1) is 23.9. The van der Waals surface area contributed by atoms with Gasteiger partial charge >= 0.3 is 6.18 Å². The molecule has 0 fully saturated rings. The average molecular weight is 468 g/mol. The number of halogens is 3. The monoisotopic (exact) mass is 467 g/mol. The number of aryl methyl sites for hydroxylation is 1. The largest absolute Gasteiger partial charge is 0.441 e. The highest BCUT2D eigenvalue weighted by atomic mass is 32.2. The molecule has 0 bridgehead atoms. The van der Waals surface area contributed by atoms with Crippen LogP contribution >= 0.6 is 0 Å². The molecule has 172 valence electrons. The normalized spacial score (nSPS) is 17.6. The second-order valence-corrected chi connectivity index (χ2v) is 9.30. The molecule has 6 nitrogen and oxygen atoms in total. The number of nitrogens with one attached hydrogen (secondary N) is 1. The average Bonchev–Trinajstić information content (AvgIpc) is 3.11. The molecule has 3 rings (SSSR count). The van der Waals surface area contributed by atoms with Crippen molar-refractivity contribution in [2.24, 2.45) is 16.1 Å². The Morgan fingerprint density at radius 1 is 1.06 bits per heavy atom. The minimum atomic E-state index is -4.54. The Morgan fingerprint density at radius 3 is 2.25 bits per heavy atom. The van der Waals surface area contributed by atoms with Crippen molar-refractivity contribution in [1.82, 2.24) is 4.72 Å². The highest BCUT2D eigenvalue weighted by Crippen LogP contribution is 2.30. The van der Waals surface area contributed by atoms with Crippen LogP contribution in [0.15, 0.2) is 63.6 Å². The van der Waals surface area contributed by atoms with Gasteiger partial charge in [-0.1, -0.05) is 31.0 Å². The van der Waals surface area contributed by atoms with Crippen LogP contribution in [0.5, 0.6) is 5.75 Å². The molecule has 0 spiro atoms. The van der Waals surface area contributed by atoms with Crippen LogP contribution in [0.2, 0.25) is 0 Å². The molecule has 0 radical (unpaired) electrons. The molecule has 1 aliphatic heterocycles. The lowest BCUT2D eigenvalue weighted by Gasteiger charge is -2.21. The van der Waals surface area contributed by atoms with Crippen molar-refractivity contribution in [2.45, 2.75) is 50.7 Å². The van der Waals surface area contributed by atoms with Gasteiger partial charge in [-0.15, -0.1) is 5.10 Å². The highest BCUT2D eigenvalue weighted by Gasteiger charge is 2.35. The minimum Gasteiger partial charge on any atom is -0.441 e. The molecule has 2 atom stereocenters. The van der Waals surface area contributed by atoms with Gasteiger partial charge in [0.05, 0.1) is 28.1 Å². The smallest absolute Gasteiger partial charge is 0.416 e. The van der Waals surface area contributed by atoms with Crippen molar-refractivity contribution in [3.05, 3.63) is 59.7 Å². The van der Waals surface area contributed by atoms with E-state index in [0.29, 0.717) is 23.8 Å². The van der Waals surface area contributed by atoms with Crippen LogP contribution < -0.4 is 9.46 Å². The first-order valence-corrected chi connectivity index (χ1v) is 11.6. The maximum absolute atomic E-state index is 12.8. The van der Waals surface area contributed by atoms with Gasteiger partial charge in [0.25, 0.3) is 0 Å². The lowest BCUT2D eigenvalue weighted by Crippen LogP contribution is -2.42. The van der Waals surface area contributed by atoms with E-state index >= 15 is 0 Å². The van der Waals surface area contributed by atoms with E-state index in [1.54, 1.807) is 6.92 Å². The molecule has 2 aromatic rings. The standard InChI is InChI=1S/C22H24F3N3O3S/c1-4-5-19-20(26-27-21(19)31-17-10-6-14(2)7-11-17)15(3)28-32(29,30)18-12-8-16(9-13-18)22(23,24)25/h6-13,15,19,28H,4-5H2,1-3H3/t15-,19-/m1/s1. The summed E-state index contributed by atoms with van der Waals surface area (Å²) in [6.07, 6.45) is -3.10. The summed E-state index contributed by atoms with van der Waals surface area (Å²) in [6, 6.07) is 10.0. The molecule has 0 saturated heterocycles. The first-order valence-electron chi connectivity index (χ1n) is 10.1. The summed E-state index contributed by atoms with van der Waals surface area (Å²) in [5.41, 5.74) is 0.655. The van der Waals surface area contributed by atoms with E-state index in [9.17, 15) is 21.6 Å². The molecule has 1 heterocycles.